The van der Waals surface area contributed by atoms with Crippen LogP contribution in [0.5, 0.6) is 0 Å². The highest BCUT2D eigenvalue weighted by atomic mass is 15.1. The molecule has 0 unspecified atom stereocenters. The average molecular weight is 640 g/mol. The van der Waals surface area contributed by atoms with Crippen molar-refractivity contribution in [2.24, 2.45) is 0 Å². The van der Waals surface area contributed by atoms with E-state index in [2.05, 4.69) is 207 Å². The molecule has 0 saturated carbocycles. The first kappa shape index (κ1) is 29.9. The van der Waals surface area contributed by atoms with Crippen molar-refractivity contribution in [1.82, 2.24) is 0 Å². The van der Waals surface area contributed by atoms with E-state index in [-0.39, 0.29) is 5.41 Å². The number of hydrogen-bond donors (Lipinski definition) is 0. The Labute approximate surface area is 294 Å². The molecule has 0 bridgehead atoms. The quantitative estimate of drug-likeness (QED) is 0.175. The third kappa shape index (κ3) is 5.29. The lowest BCUT2D eigenvalue weighted by atomic mass is 9.78. The molecule has 1 aliphatic carbocycles. The minimum atomic E-state index is -0.0466. The second-order valence-electron chi connectivity index (χ2n) is 13.9. The van der Waals surface area contributed by atoms with Gasteiger partial charge in [-0.25, -0.2) is 0 Å². The van der Waals surface area contributed by atoms with Crippen molar-refractivity contribution in [3.63, 3.8) is 0 Å². The van der Waals surface area contributed by atoms with Crippen molar-refractivity contribution in [2.45, 2.75) is 19.3 Å². The second-order valence-corrected chi connectivity index (χ2v) is 13.9. The number of fused-ring (bicyclic) bond motifs is 3. The summed E-state index contributed by atoms with van der Waals surface area (Å²) in [5, 5.41) is 5.03. The van der Waals surface area contributed by atoms with Gasteiger partial charge in [-0.05, 0) is 121 Å². The Hall–Kier alpha value is -6.18. The molecule has 0 heterocycles. The maximum Gasteiger partial charge on any atom is 0.0462 e. The van der Waals surface area contributed by atoms with E-state index in [1.54, 1.807) is 0 Å². The molecule has 0 spiro atoms. The Balaban J connectivity index is 1.09. The van der Waals surface area contributed by atoms with Crippen LogP contribution in [0.15, 0.2) is 182 Å². The molecule has 0 fully saturated rings. The van der Waals surface area contributed by atoms with Crippen LogP contribution >= 0.6 is 0 Å². The average Bonchev–Trinajstić information content (AvgIpc) is 3.45. The molecule has 0 aliphatic heterocycles. The van der Waals surface area contributed by atoms with Gasteiger partial charge in [-0.2, -0.15) is 0 Å². The van der Waals surface area contributed by atoms with E-state index in [1.165, 1.54) is 66.1 Å². The highest BCUT2D eigenvalue weighted by Crippen LogP contribution is 2.47. The molecule has 0 amide bonds. The topological polar surface area (TPSA) is 3.24 Å². The molecule has 0 N–H and O–H groups in total. The number of benzene rings is 8. The number of allylic oxidation sites excluding steroid dienone is 1. The van der Waals surface area contributed by atoms with E-state index in [9.17, 15) is 0 Å². The molecule has 238 valence electrons. The Bertz CT molecular complexity index is 2410. The highest BCUT2D eigenvalue weighted by molar-refractivity contribution is 5.95. The van der Waals surface area contributed by atoms with Gasteiger partial charge < -0.3 is 4.90 Å². The van der Waals surface area contributed by atoms with Gasteiger partial charge in [0, 0.05) is 22.5 Å². The normalized spacial score (nSPS) is 13.3. The number of anilines is 3. The monoisotopic (exact) mass is 639 g/mol. The standard InChI is InChI=1S/C49H37N/c1-49(2)47-14-8-7-13-43(47)33-48(49)38-23-29-46(30-24-38)50(44-25-19-36(20-26-44)41-17-15-34-9-3-5-11-39(34)31-41)45-27-21-37(22-28-45)42-18-16-35-10-4-6-12-40(35)32-42/h3-33H,1-2H3. The minimum absolute atomic E-state index is 0.0466. The molecule has 0 radical (unpaired) electrons. The molecule has 1 aliphatic rings. The Morgan fingerprint density at radius 1 is 0.360 bits per heavy atom. The van der Waals surface area contributed by atoms with Crippen molar-refractivity contribution in [2.75, 3.05) is 4.90 Å². The van der Waals surface area contributed by atoms with Gasteiger partial charge in [0.1, 0.15) is 0 Å². The molecule has 1 nitrogen and oxygen atoms in total. The molecule has 0 saturated heterocycles. The number of rotatable bonds is 6. The van der Waals surface area contributed by atoms with Crippen molar-refractivity contribution in [1.29, 1.82) is 0 Å². The van der Waals surface area contributed by atoms with Crippen LogP contribution in [0.25, 0.3) is 55.4 Å². The van der Waals surface area contributed by atoms with Crippen molar-refractivity contribution >= 4 is 50.3 Å². The zero-order valence-electron chi connectivity index (χ0n) is 28.3. The van der Waals surface area contributed by atoms with E-state index < -0.39 is 0 Å². The smallest absolute Gasteiger partial charge is 0.0462 e. The summed E-state index contributed by atoms with van der Waals surface area (Å²) < 4.78 is 0. The molecular formula is C49H37N. The molecule has 0 atom stereocenters. The second kappa shape index (κ2) is 12.1. The summed E-state index contributed by atoms with van der Waals surface area (Å²) >= 11 is 0. The van der Waals surface area contributed by atoms with Crippen LogP contribution < -0.4 is 4.90 Å². The lowest BCUT2D eigenvalue weighted by Crippen LogP contribution is -2.16. The summed E-state index contributed by atoms with van der Waals surface area (Å²) in [6, 6.07) is 66.3. The van der Waals surface area contributed by atoms with Crippen molar-refractivity contribution in [3.8, 4) is 22.3 Å². The minimum Gasteiger partial charge on any atom is -0.311 e. The number of nitrogens with zero attached hydrogens (tertiary/aromatic N) is 1. The number of hydrogen-bond acceptors (Lipinski definition) is 1. The maximum absolute atomic E-state index is 2.36. The van der Waals surface area contributed by atoms with Gasteiger partial charge in [-0.15, -0.1) is 0 Å². The van der Waals surface area contributed by atoms with Crippen LogP contribution in [0.1, 0.15) is 30.5 Å². The van der Waals surface area contributed by atoms with E-state index in [0.717, 1.165) is 17.1 Å². The van der Waals surface area contributed by atoms with Gasteiger partial charge >= 0.3 is 0 Å². The Kier molecular flexibility index (Phi) is 7.21. The summed E-state index contributed by atoms with van der Waals surface area (Å²) in [6.45, 7) is 4.66. The first-order valence-corrected chi connectivity index (χ1v) is 17.4. The van der Waals surface area contributed by atoms with Gasteiger partial charge in [0.05, 0.1) is 0 Å². The fourth-order valence-corrected chi connectivity index (χ4v) is 7.70. The fraction of sp³-hybridized carbons (Fsp3) is 0.0612. The first-order chi connectivity index (χ1) is 24.5. The van der Waals surface area contributed by atoms with Crippen molar-refractivity contribution < 1.29 is 0 Å². The van der Waals surface area contributed by atoms with Crippen molar-refractivity contribution in [3.05, 3.63) is 199 Å². The summed E-state index contributed by atoms with van der Waals surface area (Å²) in [5.41, 5.74) is 13.5. The molecule has 9 rings (SSSR count). The molecule has 8 aromatic rings. The Morgan fingerprint density at radius 2 is 0.760 bits per heavy atom. The van der Waals surface area contributed by atoms with E-state index in [1.807, 2.05) is 0 Å². The van der Waals surface area contributed by atoms with Crippen LogP contribution in [0.3, 0.4) is 0 Å². The lowest BCUT2D eigenvalue weighted by molar-refractivity contribution is 0.704. The van der Waals surface area contributed by atoms with Crippen LogP contribution in [-0.4, -0.2) is 0 Å². The largest absolute Gasteiger partial charge is 0.311 e. The van der Waals surface area contributed by atoms with Crippen LogP contribution in [0.4, 0.5) is 17.1 Å². The van der Waals surface area contributed by atoms with E-state index in [0.29, 0.717) is 0 Å². The van der Waals surface area contributed by atoms with Gasteiger partial charge in [-0.3, -0.25) is 0 Å². The van der Waals surface area contributed by atoms with Gasteiger partial charge in [0.15, 0.2) is 0 Å². The summed E-state index contributed by atoms with van der Waals surface area (Å²) in [4.78, 5) is 2.36. The van der Waals surface area contributed by atoms with E-state index in [4.69, 9.17) is 0 Å². The predicted octanol–water partition coefficient (Wildman–Crippen LogP) is 13.6. The first-order valence-electron chi connectivity index (χ1n) is 17.4. The van der Waals surface area contributed by atoms with Crippen LogP contribution in [0, 0.1) is 0 Å². The zero-order chi connectivity index (χ0) is 33.7. The predicted molar refractivity (Wildman–Crippen MR) is 214 cm³/mol. The van der Waals surface area contributed by atoms with Gasteiger partial charge in [0.25, 0.3) is 0 Å². The highest BCUT2D eigenvalue weighted by Gasteiger charge is 2.33. The van der Waals surface area contributed by atoms with Crippen LogP contribution in [-0.2, 0) is 5.41 Å². The third-order valence-electron chi connectivity index (χ3n) is 10.5. The van der Waals surface area contributed by atoms with Gasteiger partial charge in [0.2, 0.25) is 0 Å². The SMILES string of the molecule is CC1(C)C(c2ccc(N(c3ccc(-c4ccc5ccccc5c4)cc3)c3ccc(-c4ccc5ccccc5c4)cc3)cc2)=Cc2ccccc21. The fourth-order valence-electron chi connectivity index (χ4n) is 7.70. The van der Waals surface area contributed by atoms with Gasteiger partial charge in [-0.1, -0.05) is 147 Å². The van der Waals surface area contributed by atoms with E-state index >= 15 is 0 Å². The third-order valence-corrected chi connectivity index (χ3v) is 10.5. The molecule has 50 heavy (non-hydrogen) atoms. The Morgan fingerprint density at radius 3 is 1.24 bits per heavy atom. The summed E-state index contributed by atoms with van der Waals surface area (Å²) in [5.74, 6) is 0. The van der Waals surface area contributed by atoms with Crippen LogP contribution in [0.2, 0.25) is 0 Å². The molecule has 8 aromatic carbocycles. The summed E-state index contributed by atoms with van der Waals surface area (Å²) in [7, 11) is 0. The molecule has 1 heteroatoms. The zero-order valence-corrected chi connectivity index (χ0v) is 28.3. The lowest BCUT2D eigenvalue weighted by Gasteiger charge is -2.28. The summed E-state index contributed by atoms with van der Waals surface area (Å²) in [6.07, 6.45) is 2.36. The molecule has 0 aromatic heterocycles. The maximum atomic E-state index is 2.36. The molecular weight excluding hydrogens is 603 g/mol.